The molecule has 0 bridgehead atoms. The lowest BCUT2D eigenvalue weighted by Gasteiger charge is -2.07. The molecule has 0 amide bonds. The quantitative estimate of drug-likeness (QED) is 0.764. The van der Waals surface area contributed by atoms with Crippen molar-refractivity contribution < 1.29 is 0 Å². The van der Waals surface area contributed by atoms with E-state index < -0.39 is 0 Å². The fraction of sp³-hybridized carbons (Fsp3) is 0.0769. The predicted octanol–water partition coefficient (Wildman–Crippen LogP) is 2.66. The van der Waals surface area contributed by atoms with Crippen LogP contribution in [0.1, 0.15) is 5.56 Å². The van der Waals surface area contributed by atoms with Crippen molar-refractivity contribution in [2.75, 3.05) is 5.73 Å². The van der Waals surface area contributed by atoms with Gasteiger partial charge < -0.3 is 10.7 Å². The first-order valence-corrected chi connectivity index (χ1v) is 6.59. The fourth-order valence-electron chi connectivity index (χ4n) is 2.07. The third-order valence-electron chi connectivity index (χ3n) is 3.04. The predicted molar refractivity (Wildman–Crippen MR) is 80.3 cm³/mol. The normalized spacial score (nSPS) is 11.1. The van der Waals surface area contributed by atoms with Crippen LogP contribution in [0.25, 0.3) is 11.0 Å². The molecule has 1 aromatic carbocycles. The molecule has 0 unspecified atom stereocenters. The van der Waals surface area contributed by atoms with E-state index in [1.807, 2.05) is 6.07 Å². The smallest absolute Gasteiger partial charge is 0.326 e. The molecule has 7 heteroatoms. The number of aromatic nitrogens is 3. The van der Waals surface area contributed by atoms with E-state index >= 15 is 0 Å². The molecule has 3 N–H and O–H groups in total. The van der Waals surface area contributed by atoms with Crippen molar-refractivity contribution in [2.45, 2.75) is 6.54 Å². The third-order valence-corrected chi connectivity index (χ3v) is 3.90. The van der Waals surface area contributed by atoms with E-state index in [1.165, 1.54) is 6.20 Å². The molecule has 0 atom stereocenters. The van der Waals surface area contributed by atoms with Gasteiger partial charge in [0.1, 0.15) is 5.82 Å². The van der Waals surface area contributed by atoms with Crippen molar-refractivity contribution >= 4 is 40.1 Å². The number of nitrogens with two attached hydrogens (primary N) is 1. The first-order valence-electron chi connectivity index (χ1n) is 5.83. The van der Waals surface area contributed by atoms with Crippen molar-refractivity contribution in [3.8, 4) is 0 Å². The molecule has 2 heterocycles. The third kappa shape index (κ3) is 2.15. The van der Waals surface area contributed by atoms with Gasteiger partial charge in [-0.3, -0.25) is 4.57 Å². The number of nitrogens with zero attached hydrogens (tertiary/aromatic N) is 2. The van der Waals surface area contributed by atoms with E-state index in [0.717, 1.165) is 5.56 Å². The van der Waals surface area contributed by atoms with Gasteiger partial charge in [0, 0.05) is 6.07 Å². The Morgan fingerprint density at radius 1 is 1.35 bits per heavy atom. The molecule has 0 saturated carbocycles. The van der Waals surface area contributed by atoms with Crippen molar-refractivity contribution in [3.05, 3.63) is 56.6 Å². The van der Waals surface area contributed by atoms with Crippen molar-refractivity contribution in [3.63, 3.8) is 0 Å². The van der Waals surface area contributed by atoms with Gasteiger partial charge in [0.05, 0.1) is 33.8 Å². The lowest BCUT2D eigenvalue weighted by molar-refractivity contribution is 0.787. The van der Waals surface area contributed by atoms with Gasteiger partial charge in [-0.15, -0.1) is 0 Å². The Bertz CT molecular complexity index is 853. The SMILES string of the molecule is Nc1cc2c(cn1)[nH]c(=O)n2Cc1cccc(Cl)c1Cl. The highest BCUT2D eigenvalue weighted by Gasteiger charge is 2.11. The Balaban J connectivity index is 2.15. The number of anilines is 1. The summed E-state index contributed by atoms with van der Waals surface area (Å²) in [5.74, 6) is 0.349. The van der Waals surface area contributed by atoms with E-state index in [9.17, 15) is 4.79 Å². The zero-order valence-electron chi connectivity index (χ0n) is 10.2. The fourth-order valence-corrected chi connectivity index (χ4v) is 2.45. The minimum atomic E-state index is -0.247. The van der Waals surface area contributed by atoms with E-state index in [4.69, 9.17) is 28.9 Å². The number of H-pyrrole nitrogens is 1. The molecule has 2 aromatic heterocycles. The van der Waals surface area contributed by atoms with Crippen molar-refractivity contribution in [1.29, 1.82) is 0 Å². The molecule has 0 radical (unpaired) electrons. The first-order chi connectivity index (χ1) is 9.56. The average molecular weight is 309 g/mol. The average Bonchev–Trinajstić information content (AvgIpc) is 2.71. The number of pyridine rings is 1. The summed E-state index contributed by atoms with van der Waals surface area (Å²) in [7, 11) is 0. The minimum Gasteiger partial charge on any atom is -0.384 e. The summed E-state index contributed by atoms with van der Waals surface area (Å²) >= 11 is 12.1. The van der Waals surface area contributed by atoms with Crippen molar-refractivity contribution in [2.24, 2.45) is 0 Å². The first kappa shape index (κ1) is 13.0. The van der Waals surface area contributed by atoms with Crippen LogP contribution in [0.15, 0.2) is 35.3 Å². The molecule has 0 saturated heterocycles. The molecule has 5 nitrogen and oxygen atoms in total. The second-order valence-corrected chi connectivity index (χ2v) is 5.14. The summed E-state index contributed by atoms with van der Waals surface area (Å²) in [4.78, 5) is 18.7. The largest absolute Gasteiger partial charge is 0.384 e. The lowest BCUT2D eigenvalue weighted by Crippen LogP contribution is -2.17. The number of rotatable bonds is 2. The topological polar surface area (TPSA) is 76.7 Å². The number of fused-ring (bicyclic) bond motifs is 1. The van der Waals surface area contributed by atoms with Gasteiger partial charge in [0.25, 0.3) is 0 Å². The summed E-state index contributed by atoms with van der Waals surface area (Å²) in [6, 6.07) is 6.96. The zero-order valence-corrected chi connectivity index (χ0v) is 11.7. The summed E-state index contributed by atoms with van der Waals surface area (Å²) in [5, 5.41) is 0.899. The summed E-state index contributed by atoms with van der Waals surface area (Å²) < 4.78 is 1.55. The summed E-state index contributed by atoms with van der Waals surface area (Å²) in [5.41, 5.74) is 7.48. The van der Waals surface area contributed by atoms with Gasteiger partial charge in [-0.1, -0.05) is 35.3 Å². The molecule has 3 rings (SSSR count). The van der Waals surface area contributed by atoms with Crippen LogP contribution in [0, 0.1) is 0 Å². The molecule has 0 fully saturated rings. The highest BCUT2D eigenvalue weighted by molar-refractivity contribution is 6.42. The van der Waals surface area contributed by atoms with Crippen LogP contribution in [0.5, 0.6) is 0 Å². The number of aromatic amines is 1. The van der Waals surface area contributed by atoms with Crippen LogP contribution in [0.2, 0.25) is 10.0 Å². The standard InChI is InChI=1S/C13H10Cl2N4O/c14-8-3-1-2-7(12(8)15)6-19-10-4-11(16)17-5-9(10)18-13(19)20/h1-5H,6H2,(H2,16,17)(H,18,20). The summed E-state index contributed by atoms with van der Waals surface area (Å²) in [6.45, 7) is 0.307. The molecular weight excluding hydrogens is 299 g/mol. The van der Waals surface area contributed by atoms with Gasteiger partial charge in [-0.05, 0) is 11.6 Å². The molecule has 0 aliphatic carbocycles. The summed E-state index contributed by atoms with van der Waals surface area (Å²) in [6.07, 6.45) is 1.53. The Morgan fingerprint density at radius 2 is 2.15 bits per heavy atom. The Hall–Kier alpha value is -1.98. The van der Waals surface area contributed by atoms with Gasteiger partial charge in [0.2, 0.25) is 0 Å². The zero-order chi connectivity index (χ0) is 14.3. The van der Waals surface area contributed by atoms with Crippen LogP contribution in [0.4, 0.5) is 5.82 Å². The van der Waals surface area contributed by atoms with Crippen LogP contribution in [-0.4, -0.2) is 14.5 Å². The molecular formula is C13H10Cl2N4O. The van der Waals surface area contributed by atoms with Crippen LogP contribution >= 0.6 is 23.2 Å². The van der Waals surface area contributed by atoms with Crippen LogP contribution < -0.4 is 11.4 Å². The van der Waals surface area contributed by atoms with E-state index in [2.05, 4.69) is 9.97 Å². The van der Waals surface area contributed by atoms with Crippen LogP contribution in [-0.2, 0) is 6.54 Å². The van der Waals surface area contributed by atoms with Gasteiger partial charge in [-0.2, -0.15) is 0 Å². The molecule has 3 aromatic rings. The Kier molecular flexibility index (Phi) is 3.16. The highest BCUT2D eigenvalue weighted by atomic mass is 35.5. The van der Waals surface area contributed by atoms with Gasteiger partial charge in [0.15, 0.2) is 0 Å². The monoisotopic (exact) mass is 308 g/mol. The highest BCUT2D eigenvalue weighted by Crippen LogP contribution is 2.26. The number of imidazole rings is 1. The number of nitrogen functional groups attached to an aromatic ring is 1. The molecule has 0 spiro atoms. The number of halogens is 2. The van der Waals surface area contributed by atoms with Crippen LogP contribution in [0.3, 0.4) is 0 Å². The second kappa shape index (κ2) is 4.85. The number of hydrogen-bond donors (Lipinski definition) is 2. The maximum atomic E-state index is 12.0. The molecule has 102 valence electrons. The Morgan fingerprint density at radius 3 is 2.95 bits per heavy atom. The van der Waals surface area contributed by atoms with E-state index in [-0.39, 0.29) is 5.69 Å². The molecule has 0 aliphatic heterocycles. The van der Waals surface area contributed by atoms with Gasteiger partial charge in [-0.25, -0.2) is 9.78 Å². The number of hydrogen-bond acceptors (Lipinski definition) is 3. The second-order valence-electron chi connectivity index (χ2n) is 4.36. The maximum absolute atomic E-state index is 12.0. The Labute approximate surface area is 124 Å². The van der Waals surface area contributed by atoms with E-state index in [0.29, 0.717) is 33.4 Å². The maximum Gasteiger partial charge on any atom is 0.326 e. The van der Waals surface area contributed by atoms with Gasteiger partial charge >= 0.3 is 5.69 Å². The minimum absolute atomic E-state index is 0.247. The lowest BCUT2D eigenvalue weighted by atomic mass is 10.2. The molecule has 20 heavy (non-hydrogen) atoms. The van der Waals surface area contributed by atoms with E-state index in [1.54, 1.807) is 22.8 Å². The number of benzene rings is 1. The van der Waals surface area contributed by atoms with Crippen molar-refractivity contribution in [1.82, 2.24) is 14.5 Å². The molecule has 0 aliphatic rings. The number of nitrogens with one attached hydrogen (secondary N) is 1.